The summed E-state index contributed by atoms with van der Waals surface area (Å²) in [5.74, 6) is -1.49. The van der Waals surface area contributed by atoms with E-state index in [-0.39, 0.29) is 29.1 Å². The second-order valence-electron chi connectivity index (χ2n) is 7.97. The number of nitrogens with zero attached hydrogens (tertiary/aromatic N) is 1. The van der Waals surface area contributed by atoms with Crippen LogP contribution in [0.2, 0.25) is 0 Å². The largest absolute Gasteiger partial charge is 0.463 e. The first kappa shape index (κ1) is 19.8. The van der Waals surface area contributed by atoms with Gasteiger partial charge < -0.3 is 10.1 Å². The highest BCUT2D eigenvalue weighted by atomic mass is 16.6. The Morgan fingerprint density at radius 2 is 2.00 bits per heavy atom. The minimum Gasteiger partial charge on any atom is -0.463 e. The van der Waals surface area contributed by atoms with E-state index in [2.05, 4.69) is 5.32 Å². The number of allylic oxidation sites excluding steroid dienone is 3. The van der Waals surface area contributed by atoms with Gasteiger partial charge in [0.25, 0.3) is 5.69 Å². The molecule has 1 N–H and O–H groups in total. The van der Waals surface area contributed by atoms with Crippen molar-refractivity contribution in [3.05, 3.63) is 62.5 Å². The summed E-state index contributed by atoms with van der Waals surface area (Å²) in [5.41, 5.74) is 1.97. The fourth-order valence-corrected chi connectivity index (χ4v) is 4.12. The second-order valence-corrected chi connectivity index (χ2v) is 7.97. The average Bonchev–Trinajstić information content (AvgIpc) is 2.59. The Bertz CT molecular complexity index is 926. The van der Waals surface area contributed by atoms with E-state index in [9.17, 15) is 19.7 Å². The third kappa shape index (κ3) is 3.44. The second kappa shape index (κ2) is 7.22. The van der Waals surface area contributed by atoms with Crippen molar-refractivity contribution < 1.29 is 19.2 Å². The van der Waals surface area contributed by atoms with Crippen molar-refractivity contribution in [2.45, 2.75) is 46.5 Å². The van der Waals surface area contributed by atoms with E-state index in [1.165, 1.54) is 6.07 Å². The van der Waals surface area contributed by atoms with E-state index >= 15 is 0 Å². The molecule has 7 nitrogen and oxygen atoms in total. The van der Waals surface area contributed by atoms with E-state index in [1.807, 2.05) is 13.8 Å². The first-order chi connectivity index (χ1) is 13.2. The number of ether oxygens (including phenoxy) is 1. The maximum atomic E-state index is 13.1. The van der Waals surface area contributed by atoms with E-state index in [4.69, 9.17) is 4.74 Å². The van der Waals surface area contributed by atoms with Gasteiger partial charge in [0, 0.05) is 35.0 Å². The molecule has 1 heterocycles. The highest BCUT2D eigenvalue weighted by Crippen LogP contribution is 2.48. The summed E-state index contributed by atoms with van der Waals surface area (Å²) in [6.45, 7) is 7.63. The number of benzene rings is 1. The van der Waals surface area contributed by atoms with Gasteiger partial charge in [-0.05, 0) is 25.7 Å². The Hall–Kier alpha value is -2.96. The Balaban J connectivity index is 2.26. The predicted octanol–water partition coefficient (Wildman–Crippen LogP) is 3.76. The molecule has 0 unspecified atom stereocenters. The molecular weight excluding hydrogens is 360 g/mol. The minimum absolute atomic E-state index is 0.101. The molecule has 0 saturated heterocycles. The molecule has 0 amide bonds. The lowest BCUT2D eigenvalue weighted by Gasteiger charge is -2.39. The molecule has 7 heteroatoms. The Morgan fingerprint density at radius 1 is 1.32 bits per heavy atom. The predicted molar refractivity (Wildman–Crippen MR) is 103 cm³/mol. The number of Topliss-reactive ketones (excluding diaryl/α,β-unsaturated/α-hetero) is 1. The summed E-state index contributed by atoms with van der Waals surface area (Å²) in [4.78, 5) is 37.0. The minimum atomic E-state index is -0.819. The van der Waals surface area contributed by atoms with Crippen LogP contribution >= 0.6 is 0 Å². The lowest BCUT2D eigenvalue weighted by molar-refractivity contribution is -0.385. The first-order valence-electron chi connectivity index (χ1n) is 9.30. The molecule has 1 atom stereocenters. The molecule has 0 spiro atoms. The van der Waals surface area contributed by atoms with Crippen LogP contribution in [0.3, 0.4) is 0 Å². The lowest BCUT2D eigenvalue weighted by Crippen LogP contribution is -2.38. The maximum absolute atomic E-state index is 13.1. The zero-order chi connectivity index (χ0) is 20.6. The number of ketones is 1. The van der Waals surface area contributed by atoms with E-state index < -0.39 is 16.8 Å². The van der Waals surface area contributed by atoms with Gasteiger partial charge >= 0.3 is 5.97 Å². The Morgan fingerprint density at radius 3 is 2.64 bits per heavy atom. The molecule has 0 aromatic heterocycles. The van der Waals surface area contributed by atoms with Crippen molar-refractivity contribution in [1.29, 1.82) is 0 Å². The molecule has 3 rings (SSSR count). The van der Waals surface area contributed by atoms with Gasteiger partial charge in [-0.15, -0.1) is 0 Å². The van der Waals surface area contributed by atoms with Crippen LogP contribution in [-0.2, 0) is 14.3 Å². The average molecular weight is 384 g/mol. The number of nitro groups is 1. The molecule has 28 heavy (non-hydrogen) atoms. The summed E-state index contributed by atoms with van der Waals surface area (Å²) in [6.07, 6.45) is 0.943. The zero-order valence-corrected chi connectivity index (χ0v) is 16.5. The van der Waals surface area contributed by atoms with Crippen LogP contribution in [0.25, 0.3) is 0 Å². The monoisotopic (exact) mass is 384 g/mol. The Kier molecular flexibility index (Phi) is 5.10. The number of carbonyl (C=O) groups is 2. The summed E-state index contributed by atoms with van der Waals surface area (Å²) in [5, 5.41) is 14.9. The van der Waals surface area contributed by atoms with E-state index in [0.29, 0.717) is 29.7 Å². The third-order valence-corrected chi connectivity index (χ3v) is 5.18. The molecule has 1 aliphatic carbocycles. The van der Waals surface area contributed by atoms with Crippen LogP contribution in [0, 0.1) is 15.5 Å². The number of nitrogens with one attached hydrogen (secondary N) is 1. The normalized spacial score (nSPS) is 21.1. The molecule has 1 aromatic rings. The van der Waals surface area contributed by atoms with Crippen molar-refractivity contribution in [2.24, 2.45) is 5.41 Å². The van der Waals surface area contributed by atoms with Crippen molar-refractivity contribution in [3.8, 4) is 0 Å². The van der Waals surface area contributed by atoms with Crippen LogP contribution < -0.4 is 5.32 Å². The van der Waals surface area contributed by atoms with Crippen LogP contribution in [-0.4, -0.2) is 23.3 Å². The van der Waals surface area contributed by atoms with Crippen LogP contribution in [0.5, 0.6) is 0 Å². The van der Waals surface area contributed by atoms with Gasteiger partial charge in [-0.3, -0.25) is 14.9 Å². The van der Waals surface area contributed by atoms with E-state index in [0.717, 1.165) is 5.70 Å². The summed E-state index contributed by atoms with van der Waals surface area (Å²) >= 11 is 0. The van der Waals surface area contributed by atoms with Crippen molar-refractivity contribution in [2.75, 3.05) is 6.61 Å². The number of nitro benzene ring substituents is 1. The number of para-hydroxylation sites is 1. The van der Waals surface area contributed by atoms with Gasteiger partial charge in [-0.2, -0.15) is 0 Å². The van der Waals surface area contributed by atoms with E-state index in [1.54, 1.807) is 32.0 Å². The topological polar surface area (TPSA) is 98.5 Å². The van der Waals surface area contributed by atoms with Crippen molar-refractivity contribution in [1.82, 2.24) is 5.32 Å². The van der Waals surface area contributed by atoms with Gasteiger partial charge in [0.1, 0.15) is 0 Å². The molecule has 1 aliphatic heterocycles. The van der Waals surface area contributed by atoms with Crippen molar-refractivity contribution >= 4 is 17.4 Å². The van der Waals surface area contributed by atoms with Crippen LogP contribution in [0.1, 0.15) is 52.0 Å². The SMILES string of the molecule is CCOC(=O)C1=C(C)NC2=C(C(=O)CC(C)(C)C2)[C@@H]1c1ccccc1[N+](=O)[O-]. The molecule has 0 saturated carbocycles. The summed E-state index contributed by atoms with van der Waals surface area (Å²) in [6, 6.07) is 6.26. The van der Waals surface area contributed by atoms with Crippen molar-refractivity contribution in [3.63, 3.8) is 0 Å². The maximum Gasteiger partial charge on any atom is 0.336 e. The molecule has 2 aliphatic rings. The van der Waals surface area contributed by atoms with Gasteiger partial charge in [0.2, 0.25) is 0 Å². The molecule has 1 aromatic carbocycles. The Labute approximate surface area is 163 Å². The summed E-state index contributed by atoms with van der Waals surface area (Å²) < 4.78 is 5.22. The van der Waals surface area contributed by atoms with Crippen LogP contribution in [0.4, 0.5) is 5.69 Å². The standard InChI is InChI=1S/C21H24N2O5/c1-5-28-20(25)17-12(2)22-14-10-21(3,4)11-16(24)19(14)18(17)13-8-6-7-9-15(13)23(26)27/h6-9,18,22H,5,10-11H2,1-4H3/t18-/m1/s1. The third-order valence-electron chi connectivity index (χ3n) is 5.18. The van der Waals surface area contributed by atoms with Gasteiger partial charge in [0.15, 0.2) is 5.78 Å². The molecule has 0 radical (unpaired) electrons. The smallest absolute Gasteiger partial charge is 0.336 e. The number of carbonyl (C=O) groups excluding carboxylic acids is 2. The molecule has 0 bridgehead atoms. The molecule has 0 fully saturated rings. The highest BCUT2D eigenvalue weighted by molar-refractivity contribution is 6.04. The van der Waals surface area contributed by atoms with Gasteiger partial charge in [-0.1, -0.05) is 32.0 Å². The molecule has 148 valence electrons. The zero-order valence-electron chi connectivity index (χ0n) is 16.5. The first-order valence-corrected chi connectivity index (χ1v) is 9.30. The van der Waals surface area contributed by atoms with Gasteiger partial charge in [0.05, 0.1) is 23.0 Å². The lowest BCUT2D eigenvalue weighted by atomic mass is 9.68. The number of esters is 1. The van der Waals surface area contributed by atoms with Gasteiger partial charge in [-0.25, -0.2) is 4.79 Å². The number of hydrogen-bond donors (Lipinski definition) is 1. The van der Waals surface area contributed by atoms with Crippen LogP contribution in [0.15, 0.2) is 46.8 Å². The molecular formula is C21H24N2O5. The quantitative estimate of drug-likeness (QED) is 0.482. The fraction of sp³-hybridized carbons (Fsp3) is 0.429. The summed E-state index contributed by atoms with van der Waals surface area (Å²) in [7, 11) is 0. The fourth-order valence-electron chi connectivity index (χ4n) is 4.12. The highest BCUT2D eigenvalue weighted by Gasteiger charge is 2.44. The number of hydrogen-bond acceptors (Lipinski definition) is 6. The number of rotatable bonds is 4. The number of dihydropyridines is 1.